The number of hydrogen-bond donors (Lipinski definition) is 2. The average Bonchev–Trinajstić information content (AvgIpc) is 2.99. The Bertz CT molecular complexity index is 983. The molecule has 29 heavy (non-hydrogen) atoms. The third-order valence-corrected chi connectivity index (χ3v) is 5.48. The Morgan fingerprint density at radius 1 is 1.34 bits per heavy atom. The number of fused-ring (bicyclic) bond motifs is 1. The number of nitriles is 1. The van der Waals surface area contributed by atoms with Gasteiger partial charge in [0.2, 0.25) is 11.8 Å². The van der Waals surface area contributed by atoms with E-state index in [0.717, 1.165) is 0 Å². The van der Waals surface area contributed by atoms with Gasteiger partial charge in [0.05, 0.1) is 24.3 Å². The SMILES string of the molecule is CCOC(=O)[C@@]1(C#N)[C@@H]2C=CC(C(N)=O)=CN2[C@H](C(N)=O)[C@@H]1c1cccc(Cl)c1. The number of ether oxygens (including phenoxy) is 1. The van der Waals surface area contributed by atoms with Gasteiger partial charge in [0.15, 0.2) is 5.41 Å². The number of rotatable bonds is 5. The summed E-state index contributed by atoms with van der Waals surface area (Å²) in [4.78, 5) is 38.7. The fraction of sp³-hybridized carbons (Fsp3) is 0.300. The molecule has 2 aliphatic rings. The number of carbonyl (C=O) groups excluding carboxylic acids is 3. The number of nitrogens with zero attached hydrogens (tertiary/aromatic N) is 2. The van der Waals surface area contributed by atoms with Crippen LogP contribution < -0.4 is 11.5 Å². The molecule has 4 atom stereocenters. The van der Waals surface area contributed by atoms with Crippen LogP contribution in [-0.2, 0) is 19.1 Å². The van der Waals surface area contributed by atoms with Gasteiger partial charge in [0, 0.05) is 17.1 Å². The normalized spacial score (nSPS) is 27.6. The van der Waals surface area contributed by atoms with Gasteiger partial charge < -0.3 is 21.1 Å². The molecule has 2 amide bonds. The second kappa shape index (κ2) is 7.60. The zero-order chi connectivity index (χ0) is 21.3. The largest absolute Gasteiger partial charge is 0.465 e. The van der Waals surface area contributed by atoms with Crippen LogP contribution in [0.25, 0.3) is 0 Å². The molecule has 150 valence electrons. The van der Waals surface area contributed by atoms with Crippen LogP contribution in [0.5, 0.6) is 0 Å². The number of carbonyl (C=O) groups is 3. The highest BCUT2D eigenvalue weighted by molar-refractivity contribution is 6.30. The summed E-state index contributed by atoms with van der Waals surface area (Å²) in [6.45, 7) is 1.67. The van der Waals surface area contributed by atoms with Crippen molar-refractivity contribution < 1.29 is 19.1 Å². The summed E-state index contributed by atoms with van der Waals surface area (Å²) < 4.78 is 5.23. The molecule has 0 unspecified atom stereocenters. The Morgan fingerprint density at radius 3 is 2.62 bits per heavy atom. The van der Waals surface area contributed by atoms with Gasteiger partial charge in [-0.15, -0.1) is 0 Å². The van der Waals surface area contributed by atoms with Gasteiger partial charge in [-0.05, 0) is 30.7 Å². The van der Waals surface area contributed by atoms with Crippen molar-refractivity contribution in [3.05, 3.63) is 58.8 Å². The Morgan fingerprint density at radius 2 is 2.07 bits per heavy atom. The Hall–Kier alpha value is -3.31. The Balaban J connectivity index is 2.30. The molecule has 0 radical (unpaired) electrons. The van der Waals surface area contributed by atoms with Crippen LogP contribution in [0.2, 0.25) is 5.02 Å². The van der Waals surface area contributed by atoms with Gasteiger partial charge >= 0.3 is 5.97 Å². The van der Waals surface area contributed by atoms with Crippen LogP contribution in [0.1, 0.15) is 18.4 Å². The van der Waals surface area contributed by atoms with E-state index in [0.29, 0.717) is 10.6 Å². The van der Waals surface area contributed by atoms with E-state index >= 15 is 0 Å². The summed E-state index contributed by atoms with van der Waals surface area (Å²) in [5.74, 6) is -3.25. The second-order valence-corrected chi connectivity index (χ2v) is 7.22. The summed E-state index contributed by atoms with van der Waals surface area (Å²) in [5.41, 5.74) is 9.87. The monoisotopic (exact) mass is 414 g/mol. The fourth-order valence-electron chi connectivity index (χ4n) is 4.11. The minimum Gasteiger partial charge on any atom is -0.465 e. The summed E-state index contributed by atoms with van der Waals surface area (Å²) >= 11 is 6.13. The van der Waals surface area contributed by atoms with E-state index in [1.165, 1.54) is 23.3 Å². The van der Waals surface area contributed by atoms with Gasteiger partial charge in [-0.2, -0.15) is 5.26 Å². The maximum Gasteiger partial charge on any atom is 0.329 e. The predicted octanol–water partition coefficient (Wildman–Crippen LogP) is 0.974. The minimum atomic E-state index is -1.80. The molecule has 0 aromatic heterocycles. The molecule has 8 nitrogen and oxygen atoms in total. The van der Waals surface area contributed by atoms with Crippen LogP contribution in [0.3, 0.4) is 0 Å². The maximum absolute atomic E-state index is 13.1. The highest BCUT2D eigenvalue weighted by Gasteiger charge is 2.66. The summed E-state index contributed by atoms with van der Waals surface area (Å²) in [5, 5.41) is 10.6. The lowest BCUT2D eigenvalue weighted by Crippen LogP contribution is -2.45. The van der Waals surface area contributed by atoms with E-state index < -0.39 is 41.2 Å². The Labute approximate surface area is 172 Å². The predicted molar refractivity (Wildman–Crippen MR) is 104 cm³/mol. The fourth-order valence-corrected chi connectivity index (χ4v) is 4.30. The smallest absolute Gasteiger partial charge is 0.329 e. The van der Waals surface area contributed by atoms with Crippen LogP contribution in [0.15, 0.2) is 48.2 Å². The number of benzene rings is 1. The van der Waals surface area contributed by atoms with Crippen LogP contribution in [0, 0.1) is 16.7 Å². The molecule has 3 rings (SSSR count). The van der Waals surface area contributed by atoms with E-state index in [1.807, 2.05) is 0 Å². The molecule has 4 N–H and O–H groups in total. The van der Waals surface area contributed by atoms with Crippen molar-refractivity contribution in [1.82, 2.24) is 4.90 Å². The highest BCUT2D eigenvalue weighted by atomic mass is 35.5. The maximum atomic E-state index is 13.1. The van der Waals surface area contributed by atoms with Gasteiger partial charge in [0.25, 0.3) is 0 Å². The number of esters is 1. The molecule has 1 fully saturated rings. The van der Waals surface area contributed by atoms with Crippen molar-refractivity contribution in [1.29, 1.82) is 5.26 Å². The van der Waals surface area contributed by atoms with Crippen molar-refractivity contribution >= 4 is 29.4 Å². The van der Waals surface area contributed by atoms with E-state index in [1.54, 1.807) is 31.2 Å². The van der Waals surface area contributed by atoms with Gasteiger partial charge in [-0.1, -0.05) is 29.8 Å². The molecule has 0 saturated carbocycles. The number of halogens is 1. The quantitative estimate of drug-likeness (QED) is 0.688. The summed E-state index contributed by atoms with van der Waals surface area (Å²) in [6.07, 6.45) is 4.28. The van der Waals surface area contributed by atoms with E-state index in [2.05, 4.69) is 6.07 Å². The van der Waals surface area contributed by atoms with Gasteiger partial charge in [-0.3, -0.25) is 14.4 Å². The van der Waals surface area contributed by atoms with Crippen molar-refractivity contribution in [2.45, 2.75) is 24.9 Å². The molecule has 0 spiro atoms. The first-order valence-electron chi connectivity index (χ1n) is 8.88. The van der Waals surface area contributed by atoms with E-state index in [4.69, 9.17) is 27.8 Å². The molecule has 1 saturated heterocycles. The molecule has 0 bridgehead atoms. The average molecular weight is 415 g/mol. The van der Waals surface area contributed by atoms with E-state index in [9.17, 15) is 19.6 Å². The number of amides is 2. The molecule has 1 aromatic carbocycles. The lowest BCUT2D eigenvalue weighted by atomic mass is 9.68. The minimum absolute atomic E-state index is 0.0462. The molecular weight excluding hydrogens is 396 g/mol. The van der Waals surface area contributed by atoms with Crippen molar-refractivity contribution in [2.24, 2.45) is 16.9 Å². The van der Waals surface area contributed by atoms with Gasteiger partial charge in [0.1, 0.15) is 6.04 Å². The van der Waals surface area contributed by atoms with Crippen LogP contribution in [-0.4, -0.2) is 41.4 Å². The third kappa shape index (κ3) is 3.13. The van der Waals surface area contributed by atoms with E-state index in [-0.39, 0.29) is 12.2 Å². The first-order chi connectivity index (χ1) is 13.8. The van der Waals surface area contributed by atoms with Crippen molar-refractivity contribution in [3.63, 3.8) is 0 Å². The molecule has 2 aliphatic heterocycles. The zero-order valence-corrected chi connectivity index (χ0v) is 16.3. The molecule has 1 aromatic rings. The number of hydrogen-bond acceptors (Lipinski definition) is 6. The first kappa shape index (κ1) is 20.4. The second-order valence-electron chi connectivity index (χ2n) is 6.78. The van der Waals surface area contributed by atoms with Gasteiger partial charge in [-0.25, -0.2) is 0 Å². The van der Waals surface area contributed by atoms with Crippen LogP contribution >= 0.6 is 11.6 Å². The standard InChI is InChI=1S/C20H19ClN4O4/c1-2-29-19(28)20(10-22)14-7-6-12(17(23)26)9-25(14)16(18(24)27)15(20)11-4-3-5-13(21)8-11/h3-9,14-16H,2H2,1H3,(H2,23,26)(H2,24,27)/t14-,15-,16-,20-/m0/s1. The number of primary amides is 2. The number of nitrogens with two attached hydrogens (primary N) is 2. The van der Waals surface area contributed by atoms with Crippen molar-refractivity contribution in [3.8, 4) is 6.07 Å². The molecule has 2 heterocycles. The topological polar surface area (TPSA) is 140 Å². The lowest BCUT2D eigenvalue weighted by molar-refractivity contribution is -0.153. The lowest BCUT2D eigenvalue weighted by Gasteiger charge is -2.32. The van der Waals surface area contributed by atoms with Crippen molar-refractivity contribution in [2.75, 3.05) is 6.61 Å². The third-order valence-electron chi connectivity index (χ3n) is 5.24. The summed E-state index contributed by atoms with van der Waals surface area (Å²) in [6, 6.07) is 6.62. The highest BCUT2D eigenvalue weighted by Crippen LogP contribution is 2.53. The summed E-state index contributed by atoms with van der Waals surface area (Å²) in [7, 11) is 0. The molecule has 9 heteroatoms. The molecular formula is C20H19ClN4O4. The Kier molecular flexibility index (Phi) is 5.36. The first-order valence-corrected chi connectivity index (χ1v) is 9.26. The molecule has 0 aliphatic carbocycles. The van der Waals surface area contributed by atoms with Crippen LogP contribution in [0.4, 0.5) is 0 Å². The zero-order valence-electron chi connectivity index (χ0n) is 15.5.